The molecule has 1 unspecified atom stereocenters. The molecule has 27 heavy (non-hydrogen) atoms. The molecule has 1 aliphatic carbocycles. The van der Waals surface area contributed by atoms with E-state index in [9.17, 15) is 4.79 Å². The van der Waals surface area contributed by atoms with Crippen LogP contribution in [0.2, 0.25) is 0 Å². The molecule has 1 aliphatic heterocycles. The van der Waals surface area contributed by atoms with Crippen molar-refractivity contribution in [3.8, 4) is 0 Å². The summed E-state index contributed by atoms with van der Waals surface area (Å²) in [6.45, 7) is 0.988. The van der Waals surface area contributed by atoms with E-state index in [4.69, 9.17) is 4.98 Å². The average molecular weight is 360 g/mol. The largest absolute Gasteiger partial charge is 0.361 e. The van der Waals surface area contributed by atoms with Crippen molar-refractivity contribution in [1.82, 2.24) is 14.5 Å². The first kappa shape index (κ1) is 16.5. The van der Waals surface area contributed by atoms with Gasteiger partial charge in [0.1, 0.15) is 5.82 Å². The van der Waals surface area contributed by atoms with E-state index in [-0.39, 0.29) is 17.6 Å². The molecule has 1 saturated heterocycles. The van der Waals surface area contributed by atoms with Crippen LogP contribution in [0, 0.1) is 0 Å². The summed E-state index contributed by atoms with van der Waals surface area (Å²) in [4.78, 5) is 25.0. The minimum absolute atomic E-state index is 0.129. The van der Waals surface area contributed by atoms with Gasteiger partial charge in [-0.2, -0.15) is 0 Å². The number of rotatable bonds is 3. The van der Waals surface area contributed by atoms with Gasteiger partial charge in [0.2, 0.25) is 0 Å². The number of pyridine rings is 1. The van der Waals surface area contributed by atoms with Gasteiger partial charge in [0.15, 0.2) is 0 Å². The number of benzene rings is 1. The highest BCUT2D eigenvalue weighted by atomic mass is 16.1. The van der Waals surface area contributed by atoms with Gasteiger partial charge in [-0.3, -0.25) is 14.3 Å². The molecule has 0 N–H and O–H groups in total. The Bertz CT molecular complexity index is 1010. The molecule has 0 spiro atoms. The number of fused-ring (bicyclic) bond motifs is 1. The van der Waals surface area contributed by atoms with E-state index in [1.807, 2.05) is 41.2 Å². The third kappa shape index (κ3) is 2.82. The fourth-order valence-electron chi connectivity index (χ4n) is 4.79. The molecule has 0 radical (unpaired) electrons. The minimum Gasteiger partial charge on any atom is -0.361 e. The lowest BCUT2D eigenvalue weighted by Crippen LogP contribution is -2.34. The normalized spacial score (nSPS) is 20.6. The van der Waals surface area contributed by atoms with Crippen LogP contribution in [0.1, 0.15) is 56.4 Å². The maximum absolute atomic E-state index is 13.4. The van der Waals surface area contributed by atoms with E-state index in [1.54, 1.807) is 0 Å². The Balaban J connectivity index is 1.69. The molecule has 1 saturated carbocycles. The molecule has 1 atom stereocenters. The summed E-state index contributed by atoms with van der Waals surface area (Å²) in [6.07, 6.45) is 10.4. The molecule has 0 amide bonds. The standard InChI is InChI=1S/C22H24N4O/c27-22-18-8-3-4-9-19(18)24-21(26(22)17-6-1-2-7-17)20-10-5-15-25(20)16-11-13-23-14-12-16/h3-4,8-9,11-14,17,20H,1-2,5-7,10,15H2. The Morgan fingerprint density at radius 3 is 2.52 bits per heavy atom. The van der Waals surface area contributed by atoms with Crippen LogP contribution < -0.4 is 10.5 Å². The zero-order valence-electron chi connectivity index (χ0n) is 15.4. The van der Waals surface area contributed by atoms with Gasteiger partial charge in [-0.15, -0.1) is 0 Å². The summed E-state index contributed by atoms with van der Waals surface area (Å²) in [7, 11) is 0. The van der Waals surface area contributed by atoms with Crippen molar-refractivity contribution in [3.05, 3.63) is 65.0 Å². The van der Waals surface area contributed by atoms with Crippen molar-refractivity contribution in [1.29, 1.82) is 0 Å². The lowest BCUT2D eigenvalue weighted by atomic mass is 10.1. The van der Waals surface area contributed by atoms with Crippen molar-refractivity contribution in [2.24, 2.45) is 0 Å². The summed E-state index contributed by atoms with van der Waals surface area (Å²) in [6, 6.07) is 12.3. The summed E-state index contributed by atoms with van der Waals surface area (Å²) < 4.78 is 2.04. The topological polar surface area (TPSA) is 51.0 Å². The maximum atomic E-state index is 13.4. The molecule has 1 aromatic carbocycles. The molecule has 5 heteroatoms. The highest BCUT2D eigenvalue weighted by Crippen LogP contribution is 2.38. The van der Waals surface area contributed by atoms with E-state index >= 15 is 0 Å². The maximum Gasteiger partial charge on any atom is 0.261 e. The first-order valence-electron chi connectivity index (χ1n) is 10.0. The van der Waals surface area contributed by atoms with E-state index < -0.39 is 0 Å². The van der Waals surface area contributed by atoms with Crippen molar-refractivity contribution in [3.63, 3.8) is 0 Å². The first-order chi connectivity index (χ1) is 13.3. The Kier molecular flexibility index (Phi) is 4.15. The molecule has 5 rings (SSSR count). The number of hydrogen-bond acceptors (Lipinski definition) is 4. The van der Waals surface area contributed by atoms with Gasteiger partial charge >= 0.3 is 0 Å². The molecule has 3 aromatic rings. The Morgan fingerprint density at radius 2 is 1.70 bits per heavy atom. The molecular formula is C22H24N4O. The second-order valence-electron chi connectivity index (χ2n) is 7.66. The van der Waals surface area contributed by atoms with Crippen LogP contribution in [0.5, 0.6) is 0 Å². The van der Waals surface area contributed by atoms with Gasteiger partial charge < -0.3 is 4.90 Å². The van der Waals surface area contributed by atoms with Crippen LogP contribution in [-0.4, -0.2) is 21.1 Å². The predicted molar refractivity (Wildman–Crippen MR) is 107 cm³/mol. The zero-order chi connectivity index (χ0) is 18.2. The SMILES string of the molecule is O=c1c2ccccc2nc(C2CCCN2c2ccncc2)n1C1CCCC1. The van der Waals surface area contributed by atoms with E-state index in [1.165, 1.54) is 12.8 Å². The highest BCUT2D eigenvalue weighted by molar-refractivity contribution is 5.77. The van der Waals surface area contributed by atoms with Gasteiger partial charge in [0.05, 0.1) is 16.9 Å². The highest BCUT2D eigenvalue weighted by Gasteiger charge is 2.33. The monoisotopic (exact) mass is 360 g/mol. The Morgan fingerprint density at radius 1 is 0.926 bits per heavy atom. The molecule has 2 aromatic heterocycles. The third-order valence-electron chi connectivity index (χ3n) is 6.07. The second kappa shape index (κ2) is 6.80. The smallest absolute Gasteiger partial charge is 0.261 e. The van der Waals surface area contributed by atoms with Gasteiger partial charge in [0, 0.05) is 30.7 Å². The molecule has 138 valence electrons. The molecule has 2 aliphatic rings. The van der Waals surface area contributed by atoms with E-state index in [2.05, 4.69) is 22.0 Å². The number of para-hydroxylation sites is 1. The van der Waals surface area contributed by atoms with Crippen LogP contribution in [0.15, 0.2) is 53.6 Å². The molecule has 0 bridgehead atoms. The van der Waals surface area contributed by atoms with E-state index in [0.717, 1.165) is 54.6 Å². The summed E-state index contributed by atoms with van der Waals surface area (Å²) in [5, 5.41) is 0.738. The summed E-state index contributed by atoms with van der Waals surface area (Å²) in [5.74, 6) is 0.944. The predicted octanol–water partition coefficient (Wildman–Crippen LogP) is 4.25. The van der Waals surface area contributed by atoms with Crippen molar-refractivity contribution in [2.75, 3.05) is 11.4 Å². The van der Waals surface area contributed by atoms with Gasteiger partial charge in [-0.05, 0) is 49.9 Å². The number of anilines is 1. The zero-order valence-corrected chi connectivity index (χ0v) is 15.4. The van der Waals surface area contributed by atoms with Crippen molar-refractivity contribution < 1.29 is 0 Å². The third-order valence-corrected chi connectivity index (χ3v) is 6.07. The molecular weight excluding hydrogens is 336 g/mol. The minimum atomic E-state index is 0.129. The Hall–Kier alpha value is -2.69. The summed E-state index contributed by atoms with van der Waals surface area (Å²) in [5.41, 5.74) is 2.10. The number of nitrogens with zero attached hydrogens (tertiary/aromatic N) is 4. The average Bonchev–Trinajstić information content (AvgIpc) is 3.41. The fourth-order valence-corrected chi connectivity index (χ4v) is 4.79. The fraction of sp³-hybridized carbons (Fsp3) is 0.409. The van der Waals surface area contributed by atoms with Crippen LogP contribution >= 0.6 is 0 Å². The van der Waals surface area contributed by atoms with Crippen LogP contribution in [0.3, 0.4) is 0 Å². The van der Waals surface area contributed by atoms with E-state index in [0.29, 0.717) is 0 Å². The molecule has 2 fully saturated rings. The second-order valence-corrected chi connectivity index (χ2v) is 7.66. The van der Waals surface area contributed by atoms with Gasteiger partial charge in [-0.1, -0.05) is 25.0 Å². The van der Waals surface area contributed by atoms with Crippen LogP contribution in [-0.2, 0) is 0 Å². The van der Waals surface area contributed by atoms with Crippen molar-refractivity contribution in [2.45, 2.75) is 50.6 Å². The Labute approximate surface area is 158 Å². The van der Waals surface area contributed by atoms with Crippen LogP contribution in [0.4, 0.5) is 5.69 Å². The quantitative estimate of drug-likeness (QED) is 0.701. The van der Waals surface area contributed by atoms with Gasteiger partial charge in [-0.25, -0.2) is 4.98 Å². The van der Waals surface area contributed by atoms with Gasteiger partial charge in [0.25, 0.3) is 5.56 Å². The lowest BCUT2D eigenvalue weighted by molar-refractivity contribution is 0.454. The number of aromatic nitrogens is 3. The molecule has 3 heterocycles. The van der Waals surface area contributed by atoms with Crippen LogP contribution in [0.25, 0.3) is 10.9 Å². The molecule has 5 nitrogen and oxygen atoms in total. The first-order valence-corrected chi connectivity index (χ1v) is 10.0. The van der Waals surface area contributed by atoms with Crippen molar-refractivity contribution >= 4 is 16.6 Å². The number of hydrogen-bond donors (Lipinski definition) is 0. The lowest BCUT2D eigenvalue weighted by Gasteiger charge is -2.30. The summed E-state index contributed by atoms with van der Waals surface area (Å²) >= 11 is 0.